The summed E-state index contributed by atoms with van der Waals surface area (Å²) in [6.45, 7) is 2.98. The van der Waals surface area contributed by atoms with Crippen molar-refractivity contribution in [2.45, 2.75) is 26.7 Å². The monoisotopic (exact) mass is 522 g/mol. The Labute approximate surface area is 208 Å². The quantitative estimate of drug-likeness (QED) is 0.267. The zero-order valence-corrected chi connectivity index (χ0v) is 19.8. The number of nitrogens with zero attached hydrogens (tertiary/aromatic N) is 4. The third-order valence-corrected chi connectivity index (χ3v) is 5.03. The fourth-order valence-electron chi connectivity index (χ4n) is 3.05. The number of ether oxygens (including phenoxy) is 1. The molecule has 0 fully saturated rings. The molecule has 0 aromatic heterocycles. The van der Waals surface area contributed by atoms with E-state index in [1.165, 1.54) is 32.2 Å². The minimum absolute atomic E-state index is 0.0519. The van der Waals surface area contributed by atoms with Crippen molar-refractivity contribution in [3.8, 4) is 0 Å². The summed E-state index contributed by atoms with van der Waals surface area (Å²) in [7, 11) is 1.23. The van der Waals surface area contributed by atoms with E-state index in [4.69, 9.17) is 5.11 Å². The predicted molar refractivity (Wildman–Crippen MR) is 125 cm³/mol. The molecule has 0 amide bonds. The van der Waals surface area contributed by atoms with Crippen molar-refractivity contribution in [3.63, 3.8) is 0 Å². The number of benzene rings is 2. The Hall–Kier alpha value is -5.02. The van der Waals surface area contributed by atoms with Crippen LogP contribution in [0.5, 0.6) is 0 Å². The molecule has 0 spiro atoms. The number of nitro benzene ring substituents is 4. The summed E-state index contributed by atoms with van der Waals surface area (Å²) in [6, 6.07) is 6.53. The lowest BCUT2D eigenvalue weighted by Crippen LogP contribution is -2.15. The van der Waals surface area contributed by atoms with Gasteiger partial charge in [0.2, 0.25) is 0 Å². The van der Waals surface area contributed by atoms with Gasteiger partial charge in [-0.2, -0.15) is 0 Å². The van der Waals surface area contributed by atoms with Crippen LogP contribution in [0.15, 0.2) is 36.4 Å². The Morgan fingerprint density at radius 3 is 1.43 bits per heavy atom. The molecule has 16 heteroatoms. The summed E-state index contributed by atoms with van der Waals surface area (Å²) in [4.78, 5) is 61.8. The number of methoxy groups -OCH3 is 1. The van der Waals surface area contributed by atoms with Gasteiger partial charge < -0.3 is 9.84 Å². The molecule has 1 N–H and O–H groups in total. The molecule has 2 unspecified atom stereocenters. The molecule has 0 saturated carbocycles. The molecule has 0 saturated heterocycles. The van der Waals surface area contributed by atoms with Crippen LogP contribution >= 0.6 is 0 Å². The zero-order valence-electron chi connectivity index (χ0n) is 19.8. The minimum atomic E-state index is -1.08. The van der Waals surface area contributed by atoms with E-state index in [0.717, 1.165) is 18.2 Å². The van der Waals surface area contributed by atoms with Crippen molar-refractivity contribution in [1.29, 1.82) is 0 Å². The highest BCUT2D eigenvalue weighted by molar-refractivity contribution is 5.72. The van der Waals surface area contributed by atoms with E-state index in [1.54, 1.807) is 6.92 Å². The van der Waals surface area contributed by atoms with Crippen molar-refractivity contribution in [1.82, 2.24) is 0 Å². The van der Waals surface area contributed by atoms with E-state index in [9.17, 15) is 50.0 Å². The minimum Gasteiger partial charge on any atom is -0.481 e. The molecule has 0 radical (unpaired) electrons. The summed E-state index contributed by atoms with van der Waals surface area (Å²) in [5.74, 6) is -2.94. The predicted octanol–water partition coefficient (Wildman–Crippen LogP) is 3.62. The van der Waals surface area contributed by atoms with Gasteiger partial charge in [0.25, 0.3) is 22.7 Å². The molecule has 198 valence electrons. The number of esters is 1. The van der Waals surface area contributed by atoms with Gasteiger partial charge in [0.15, 0.2) is 0 Å². The third kappa shape index (κ3) is 8.61. The Balaban J connectivity index is 0.000000371. The number of aliphatic carboxylic acids is 1. The van der Waals surface area contributed by atoms with Crippen molar-refractivity contribution in [2.24, 2.45) is 11.8 Å². The highest BCUT2D eigenvalue weighted by atomic mass is 16.6. The SMILES string of the molecule is CC(Cc1ccc([N+](=O)[O-])cc1[N+](=O)[O-])C(=O)O.COC(=O)C(C)Cc1ccc([N+](=O)[O-])cc1[N+](=O)[O-]. The second-order valence-electron chi connectivity index (χ2n) is 7.73. The standard InChI is InChI=1S/C11H12N2O6.C10H10N2O6/c1-7(11(14)19-2)5-8-3-4-9(12(15)16)6-10(8)13(17)18;1-6(10(13)14)4-7-2-3-8(11(15)16)5-9(7)12(17)18/h3-4,6-7H,5H2,1-2H3;2-3,5-6H,4H2,1H3,(H,13,14). The van der Waals surface area contributed by atoms with Gasteiger partial charge in [-0.15, -0.1) is 0 Å². The fraction of sp³-hybridized carbons (Fsp3) is 0.333. The Kier molecular flexibility index (Phi) is 10.7. The molecule has 0 aliphatic heterocycles. The third-order valence-electron chi connectivity index (χ3n) is 5.03. The number of carbonyl (C=O) groups excluding carboxylic acids is 1. The van der Waals surface area contributed by atoms with Gasteiger partial charge in [-0.1, -0.05) is 13.8 Å². The summed E-state index contributed by atoms with van der Waals surface area (Å²) >= 11 is 0. The van der Waals surface area contributed by atoms with Crippen LogP contribution in [0.1, 0.15) is 25.0 Å². The van der Waals surface area contributed by atoms with E-state index < -0.39 is 54.8 Å². The maximum atomic E-state index is 11.3. The lowest BCUT2D eigenvalue weighted by atomic mass is 9.99. The molecule has 37 heavy (non-hydrogen) atoms. The lowest BCUT2D eigenvalue weighted by Gasteiger charge is -2.09. The van der Waals surface area contributed by atoms with E-state index in [0.29, 0.717) is 0 Å². The van der Waals surface area contributed by atoms with E-state index in [1.807, 2.05) is 0 Å². The molecule has 16 nitrogen and oxygen atoms in total. The van der Waals surface area contributed by atoms with Gasteiger partial charge in [-0.3, -0.25) is 50.0 Å². The average molecular weight is 522 g/mol. The first-order valence-electron chi connectivity index (χ1n) is 10.3. The molecule has 2 atom stereocenters. The first-order valence-corrected chi connectivity index (χ1v) is 10.3. The van der Waals surface area contributed by atoms with Crippen LogP contribution in [0.3, 0.4) is 0 Å². The Morgan fingerprint density at radius 2 is 1.14 bits per heavy atom. The van der Waals surface area contributed by atoms with Crippen LogP contribution in [0, 0.1) is 52.3 Å². The number of hydrogen-bond donors (Lipinski definition) is 1. The second kappa shape index (κ2) is 13.2. The Bertz CT molecular complexity index is 1230. The summed E-state index contributed by atoms with van der Waals surface area (Å²) < 4.78 is 4.53. The molecule has 0 aliphatic carbocycles. The largest absolute Gasteiger partial charge is 0.481 e. The first-order chi connectivity index (χ1) is 17.2. The molecule has 0 heterocycles. The van der Waals surface area contributed by atoms with E-state index >= 15 is 0 Å². The van der Waals surface area contributed by atoms with Crippen molar-refractivity contribution in [3.05, 3.63) is 88.0 Å². The molecule has 0 bridgehead atoms. The molecular formula is C21H22N4O12. The van der Waals surface area contributed by atoms with Crippen LogP contribution in [0.2, 0.25) is 0 Å². The van der Waals surface area contributed by atoms with Crippen LogP contribution in [-0.2, 0) is 27.2 Å². The number of hydrogen-bond acceptors (Lipinski definition) is 11. The summed E-state index contributed by atoms with van der Waals surface area (Å²) in [5, 5.41) is 51.5. The number of non-ortho nitro benzene ring substituents is 2. The summed E-state index contributed by atoms with van der Waals surface area (Å²) in [6.07, 6.45) is 0.0324. The number of carboxylic acids is 1. The maximum Gasteiger partial charge on any atom is 0.308 e. The number of carboxylic acid groups (broad SMARTS) is 1. The number of carbonyl (C=O) groups is 2. The molecule has 2 rings (SSSR count). The van der Waals surface area contributed by atoms with E-state index in [2.05, 4.69) is 4.74 Å². The van der Waals surface area contributed by atoms with Gasteiger partial charge in [0.1, 0.15) is 0 Å². The van der Waals surface area contributed by atoms with Crippen LogP contribution < -0.4 is 0 Å². The summed E-state index contributed by atoms with van der Waals surface area (Å²) in [5.41, 5.74) is -1.13. The van der Waals surface area contributed by atoms with Crippen molar-refractivity contribution in [2.75, 3.05) is 7.11 Å². The average Bonchev–Trinajstić information content (AvgIpc) is 2.83. The smallest absolute Gasteiger partial charge is 0.308 e. The van der Waals surface area contributed by atoms with Crippen molar-refractivity contribution >= 4 is 34.7 Å². The Morgan fingerprint density at radius 1 is 0.757 bits per heavy atom. The topological polar surface area (TPSA) is 236 Å². The van der Waals surface area contributed by atoms with Crippen LogP contribution in [-0.4, -0.2) is 43.8 Å². The van der Waals surface area contributed by atoms with Crippen LogP contribution in [0.4, 0.5) is 22.7 Å². The van der Waals surface area contributed by atoms with Gasteiger partial charge >= 0.3 is 11.9 Å². The molecule has 0 aliphatic rings. The molecule has 2 aromatic carbocycles. The first kappa shape index (κ1) is 30.0. The lowest BCUT2D eigenvalue weighted by molar-refractivity contribution is -0.394. The normalized spacial score (nSPS) is 11.8. The van der Waals surface area contributed by atoms with Gasteiger partial charge in [-0.05, 0) is 25.0 Å². The van der Waals surface area contributed by atoms with Crippen molar-refractivity contribution < 1.29 is 39.1 Å². The van der Waals surface area contributed by atoms with Gasteiger partial charge in [0.05, 0.1) is 50.8 Å². The number of rotatable bonds is 10. The van der Waals surface area contributed by atoms with E-state index in [-0.39, 0.29) is 35.3 Å². The van der Waals surface area contributed by atoms with Gasteiger partial charge in [-0.25, -0.2) is 0 Å². The molecular weight excluding hydrogens is 500 g/mol. The van der Waals surface area contributed by atoms with Crippen LogP contribution in [0.25, 0.3) is 0 Å². The molecule has 2 aromatic rings. The zero-order chi connectivity index (χ0) is 28.4. The highest BCUT2D eigenvalue weighted by Gasteiger charge is 2.24. The highest BCUT2D eigenvalue weighted by Crippen LogP contribution is 2.28. The maximum absolute atomic E-state index is 11.3. The van der Waals surface area contributed by atoms with Gasteiger partial charge in [0, 0.05) is 23.3 Å². The fourth-order valence-corrected chi connectivity index (χ4v) is 3.05. The second-order valence-corrected chi connectivity index (χ2v) is 7.73. The number of nitro groups is 4.